The summed E-state index contributed by atoms with van der Waals surface area (Å²) in [7, 11) is -8.54. The van der Waals surface area contributed by atoms with E-state index in [2.05, 4.69) is 0 Å². The number of aryl methyl sites for hydroxylation is 2. The SMILES string of the molecule is Cc1ccc(S(=O)(=O)c2cc(N)c(N)c(N)c2S(=O)(=O)c2ccc(C)cc2)cc1. The zero-order chi connectivity index (χ0) is 21.6. The highest BCUT2D eigenvalue weighted by molar-refractivity contribution is 7.94. The van der Waals surface area contributed by atoms with Gasteiger partial charge in [-0.05, 0) is 44.2 Å². The summed E-state index contributed by atoms with van der Waals surface area (Å²) in [5.41, 5.74) is 18.7. The Balaban J connectivity index is 2.37. The molecule has 0 saturated heterocycles. The molecule has 0 aromatic heterocycles. The molecule has 0 aliphatic rings. The Morgan fingerprint density at radius 1 is 0.621 bits per heavy atom. The van der Waals surface area contributed by atoms with Crippen LogP contribution in [0.1, 0.15) is 11.1 Å². The molecule has 3 aromatic rings. The fraction of sp³-hybridized carbons (Fsp3) is 0.100. The molecule has 0 heterocycles. The molecule has 29 heavy (non-hydrogen) atoms. The number of hydrogen-bond donors (Lipinski definition) is 3. The van der Waals surface area contributed by atoms with Gasteiger partial charge in [0, 0.05) is 0 Å². The highest BCUT2D eigenvalue weighted by atomic mass is 32.2. The van der Waals surface area contributed by atoms with Crippen LogP contribution in [0.4, 0.5) is 17.1 Å². The van der Waals surface area contributed by atoms with Crippen LogP contribution in [0.2, 0.25) is 0 Å². The molecule has 0 amide bonds. The average Bonchev–Trinajstić information content (AvgIpc) is 2.66. The number of sulfone groups is 2. The molecule has 9 heteroatoms. The summed E-state index contributed by atoms with van der Waals surface area (Å²) in [6, 6.07) is 13.1. The lowest BCUT2D eigenvalue weighted by Gasteiger charge is -2.17. The van der Waals surface area contributed by atoms with Crippen molar-refractivity contribution in [1.82, 2.24) is 0 Å². The molecule has 3 aromatic carbocycles. The van der Waals surface area contributed by atoms with Crippen molar-refractivity contribution in [2.75, 3.05) is 17.2 Å². The molecule has 0 atom stereocenters. The van der Waals surface area contributed by atoms with E-state index in [4.69, 9.17) is 17.2 Å². The van der Waals surface area contributed by atoms with Gasteiger partial charge in [0.15, 0.2) is 0 Å². The first kappa shape index (κ1) is 20.7. The van der Waals surface area contributed by atoms with Gasteiger partial charge >= 0.3 is 0 Å². The minimum atomic E-state index is -4.30. The lowest BCUT2D eigenvalue weighted by atomic mass is 10.2. The predicted molar refractivity (Wildman–Crippen MR) is 113 cm³/mol. The van der Waals surface area contributed by atoms with E-state index in [0.717, 1.165) is 17.2 Å². The van der Waals surface area contributed by atoms with Crippen LogP contribution in [-0.2, 0) is 19.7 Å². The summed E-state index contributed by atoms with van der Waals surface area (Å²) in [5, 5.41) is 0. The second-order valence-electron chi connectivity index (χ2n) is 6.75. The molecule has 0 fully saturated rings. The maximum Gasteiger partial charge on any atom is 0.210 e. The topological polar surface area (TPSA) is 146 Å². The number of anilines is 3. The van der Waals surface area contributed by atoms with Gasteiger partial charge in [-0.3, -0.25) is 0 Å². The Kier molecular flexibility index (Phi) is 5.06. The second kappa shape index (κ2) is 7.09. The lowest BCUT2D eigenvalue weighted by Crippen LogP contribution is -2.16. The molecule has 3 rings (SSSR count). The fourth-order valence-electron chi connectivity index (χ4n) is 2.85. The maximum atomic E-state index is 13.3. The van der Waals surface area contributed by atoms with Crippen molar-refractivity contribution in [3.63, 3.8) is 0 Å². The first-order valence-electron chi connectivity index (χ1n) is 8.57. The lowest BCUT2D eigenvalue weighted by molar-refractivity contribution is 0.583. The summed E-state index contributed by atoms with van der Waals surface area (Å²) in [5.74, 6) is 0. The zero-order valence-corrected chi connectivity index (χ0v) is 17.5. The minimum Gasteiger partial charge on any atom is -0.397 e. The van der Waals surface area contributed by atoms with E-state index in [-0.39, 0.29) is 21.2 Å². The van der Waals surface area contributed by atoms with Crippen LogP contribution in [0.5, 0.6) is 0 Å². The fourth-order valence-corrected chi connectivity index (χ4v) is 6.35. The molecule has 0 aliphatic carbocycles. The van der Waals surface area contributed by atoms with E-state index in [0.29, 0.717) is 0 Å². The number of nitrogens with two attached hydrogens (primary N) is 3. The normalized spacial score (nSPS) is 12.1. The van der Waals surface area contributed by atoms with Crippen LogP contribution >= 0.6 is 0 Å². The maximum absolute atomic E-state index is 13.3. The Bertz CT molecular complexity index is 1300. The van der Waals surface area contributed by atoms with Crippen molar-refractivity contribution in [1.29, 1.82) is 0 Å². The van der Waals surface area contributed by atoms with Crippen molar-refractivity contribution >= 4 is 36.7 Å². The van der Waals surface area contributed by atoms with Gasteiger partial charge in [-0.25, -0.2) is 16.8 Å². The standard InChI is InChI=1S/C20H21N3O4S2/c1-12-3-7-14(8-4-12)28(24,25)17-11-16(21)18(22)19(23)20(17)29(26,27)15-9-5-13(2)6-10-15/h3-11H,21-23H2,1-2H3. The molecule has 7 nitrogen and oxygen atoms in total. The van der Waals surface area contributed by atoms with Crippen LogP contribution in [0, 0.1) is 13.8 Å². The van der Waals surface area contributed by atoms with Crippen LogP contribution in [0.25, 0.3) is 0 Å². The van der Waals surface area contributed by atoms with Gasteiger partial charge in [0.2, 0.25) is 19.7 Å². The molecule has 0 unspecified atom stereocenters. The van der Waals surface area contributed by atoms with Crippen molar-refractivity contribution in [2.24, 2.45) is 0 Å². The van der Waals surface area contributed by atoms with E-state index in [1.54, 1.807) is 31.2 Å². The number of hydrogen-bond acceptors (Lipinski definition) is 7. The summed E-state index contributed by atoms with van der Waals surface area (Å²) in [6.45, 7) is 3.61. The molecule has 0 spiro atoms. The van der Waals surface area contributed by atoms with Crippen molar-refractivity contribution in [2.45, 2.75) is 33.4 Å². The van der Waals surface area contributed by atoms with Gasteiger partial charge in [-0.2, -0.15) is 0 Å². The van der Waals surface area contributed by atoms with Gasteiger partial charge in [-0.15, -0.1) is 0 Å². The first-order valence-corrected chi connectivity index (χ1v) is 11.5. The van der Waals surface area contributed by atoms with E-state index < -0.39 is 35.2 Å². The van der Waals surface area contributed by atoms with Crippen molar-refractivity contribution in [3.8, 4) is 0 Å². The molecule has 0 radical (unpaired) electrons. The minimum absolute atomic E-state index is 0.0768. The zero-order valence-electron chi connectivity index (χ0n) is 15.9. The van der Waals surface area contributed by atoms with Crippen LogP contribution in [-0.4, -0.2) is 16.8 Å². The van der Waals surface area contributed by atoms with Gasteiger partial charge < -0.3 is 17.2 Å². The van der Waals surface area contributed by atoms with Gasteiger partial charge in [-0.1, -0.05) is 35.4 Å². The van der Waals surface area contributed by atoms with Crippen molar-refractivity contribution < 1.29 is 16.8 Å². The first-order chi connectivity index (χ1) is 13.5. The molecule has 0 bridgehead atoms. The third kappa shape index (κ3) is 3.54. The van der Waals surface area contributed by atoms with Crippen LogP contribution in [0.3, 0.4) is 0 Å². The molecule has 152 valence electrons. The highest BCUT2D eigenvalue weighted by Crippen LogP contribution is 2.40. The van der Waals surface area contributed by atoms with E-state index in [1.807, 2.05) is 6.92 Å². The Hall–Kier alpha value is -3.04. The monoisotopic (exact) mass is 431 g/mol. The van der Waals surface area contributed by atoms with Crippen LogP contribution < -0.4 is 17.2 Å². The Morgan fingerprint density at radius 3 is 1.48 bits per heavy atom. The molecular formula is C20H21N3O4S2. The summed E-state index contributed by atoms with van der Waals surface area (Å²) in [4.78, 5) is -1.26. The molecular weight excluding hydrogens is 410 g/mol. The molecule has 0 saturated carbocycles. The van der Waals surface area contributed by atoms with E-state index in [1.165, 1.54) is 24.3 Å². The third-order valence-electron chi connectivity index (χ3n) is 4.58. The summed E-state index contributed by atoms with van der Waals surface area (Å²) < 4.78 is 53.3. The Morgan fingerprint density at radius 2 is 1.03 bits per heavy atom. The third-order valence-corrected chi connectivity index (χ3v) is 8.37. The second-order valence-corrected chi connectivity index (χ2v) is 10.6. The average molecular weight is 432 g/mol. The van der Waals surface area contributed by atoms with Gasteiger partial charge in [0.05, 0.1) is 31.7 Å². The molecule has 0 aliphatic heterocycles. The summed E-state index contributed by atoms with van der Waals surface area (Å²) >= 11 is 0. The number of benzene rings is 3. The largest absolute Gasteiger partial charge is 0.397 e. The number of nitrogen functional groups attached to an aromatic ring is 3. The van der Waals surface area contributed by atoms with Crippen molar-refractivity contribution in [3.05, 3.63) is 65.7 Å². The predicted octanol–water partition coefficient (Wildman–Crippen LogP) is 2.72. The smallest absolute Gasteiger partial charge is 0.210 e. The number of rotatable bonds is 4. The van der Waals surface area contributed by atoms with E-state index >= 15 is 0 Å². The highest BCUT2D eigenvalue weighted by Gasteiger charge is 2.33. The molecule has 6 N–H and O–H groups in total. The quantitative estimate of drug-likeness (QED) is 0.538. The van der Waals surface area contributed by atoms with Gasteiger partial charge in [0.25, 0.3) is 0 Å². The van der Waals surface area contributed by atoms with E-state index in [9.17, 15) is 16.8 Å². The van der Waals surface area contributed by atoms with Gasteiger partial charge in [0.1, 0.15) is 4.90 Å². The Labute approximate surface area is 170 Å². The van der Waals surface area contributed by atoms with Crippen LogP contribution in [0.15, 0.2) is 74.2 Å². The summed E-state index contributed by atoms with van der Waals surface area (Å²) in [6.07, 6.45) is 0.